The molecule has 0 aromatic rings. The second-order valence-corrected chi connectivity index (χ2v) is 3.14. The first-order valence-corrected chi connectivity index (χ1v) is 5.32. The molecule has 0 radical (unpaired) electrons. The zero-order valence-electron chi connectivity index (χ0n) is 10.1. The normalized spacial score (nSPS) is 17.4. The molecule has 7 heteroatoms. The Balaban J connectivity index is 0. The summed E-state index contributed by atoms with van der Waals surface area (Å²) in [5.41, 5.74) is 0. The van der Waals surface area contributed by atoms with Crippen LogP contribution in [0.3, 0.4) is 0 Å². The van der Waals surface area contributed by atoms with Crippen LogP contribution < -0.4 is 0 Å². The number of carbonyl (C=O) groups excluding carboxylic acids is 1. The number of hydrogen-bond donors (Lipinski definition) is 5. The molecule has 0 amide bonds. The van der Waals surface area contributed by atoms with Crippen LogP contribution in [0.15, 0.2) is 0 Å². The van der Waals surface area contributed by atoms with Crippen LogP contribution in [0, 0.1) is 0 Å². The Labute approximate surface area is 100 Å². The molecule has 0 aliphatic heterocycles. The third-order valence-electron chi connectivity index (χ3n) is 1.83. The molecule has 0 aromatic heterocycles. The molecule has 0 unspecified atom stereocenters. The lowest BCUT2D eigenvalue weighted by molar-refractivity contribution is -0.136. The maximum Gasteiger partial charge on any atom is 0.151 e. The first-order valence-electron chi connectivity index (χ1n) is 5.32. The summed E-state index contributed by atoms with van der Waals surface area (Å²) in [6.07, 6.45) is -6.84. The molecule has 0 spiro atoms. The minimum Gasteiger partial charge on any atom is -0.394 e. The van der Waals surface area contributed by atoms with Crippen LogP contribution in [-0.2, 0) is 9.53 Å². The Morgan fingerprint density at radius 2 is 1.53 bits per heavy atom. The highest BCUT2D eigenvalue weighted by molar-refractivity contribution is 5.56. The van der Waals surface area contributed by atoms with Gasteiger partial charge in [-0.15, -0.1) is 0 Å². The third-order valence-corrected chi connectivity index (χ3v) is 1.83. The van der Waals surface area contributed by atoms with E-state index in [1.54, 1.807) is 0 Å². The van der Waals surface area contributed by atoms with E-state index in [2.05, 4.69) is 0 Å². The van der Waals surface area contributed by atoms with E-state index in [9.17, 15) is 4.79 Å². The van der Waals surface area contributed by atoms with Crippen molar-refractivity contribution >= 4 is 6.29 Å². The lowest BCUT2D eigenvalue weighted by Gasteiger charge is -2.22. The summed E-state index contributed by atoms with van der Waals surface area (Å²) in [5, 5.41) is 43.5. The monoisotopic (exact) mass is 254 g/mol. The van der Waals surface area contributed by atoms with Crippen molar-refractivity contribution in [2.24, 2.45) is 0 Å². The maximum absolute atomic E-state index is 9.90. The van der Waals surface area contributed by atoms with Gasteiger partial charge in [0.05, 0.1) is 6.61 Å². The average molecular weight is 254 g/mol. The molecule has 5 N–H and O–H groups in total. The lowest BCUT2D eigenvalue weighted by atomic mass is 10.0. The van der Waals surface area contributed by atoms with E-state index in [1.807, 2.05) is 13.8 Å². The van der Waals surface area contributed by atoms with Gasteiger partial charge >= 0.3 is 0 Å². The van der Waals surface area contributed by atoms with Crippen LogP contribution in [-0.4, -0.2) is 76.1 Å². The number of aldehydes is 1. The van der Waals surface area contributed by atoms with E-state index in [4.69, 9.17) is 30.3 Å². The van der Waals surface area contributed by atoms with Gasteiger partial charge in [0, 0.05) is 13.2 Å². The van der Waals surface area contributed by atoms with Crippen LogP contribution in [0.25, 0.3) is 0 Å². The summed E-state index contributed by atoms with van der Waals surface area (Å²) in [7, 11) is 0. The zero-order chi connectivity index (χ0) is 13.8. The molecular formula is C10H22O7. The van der Waals surface area contributed by atoms with Gasteiger partial charge < -0.3 is 35.1 Å². The molecule has 0 saturated heterocycles. The molecule has 0 aliphatic rings. The van der Waals surface area contributed by atoms with Gasteiger partial charge in [-0.1, -0.05) is 0 Å². The van der Waals surface area contributed by atoms with Crippen molar-refractivity contribution in [3.8, 4) is 0 Å². The van der Waals surface area contributed by atoms with Crippen LogP contribution in [0.4, 0.5) is 0 Å². The number of rotatable bonds is 7. The highest BCUT2D eigenvalue weighted by atomic mass is 16.5. The maximum atomic E-state index is 9.90. The van der Waals surface area contributed by atoms with Crippen molar-refractivity contribution < 1.29 is 35.1 Å². The molecule has 7 nitrogen and oxygen atoms in total. The van der Waals surface area contributed by atoms with Crippen molar-refractivity contribution in [3.63, 3.8) is 0 Å². The molecule has 4 atom stereocenters. The van der Waals surface area contributed by atoms with E-state index in [-0.39, 0.29) is 6.29 Å². The van der Waals surface area contributed by atoms with E-state index >= 15 is 0 Å². The van der Waals surface area contributed by atoms with Gasteiger partial charge in [-0.25, -0.2) is 0 Å². The van der Waals surface area contributed by atoms with Gasteiger partial charge in [-0.2, -0.15) is 0 Å². The highest BCUT2D eigenvalue weighted by Gasteiger charge is 2.29. The predicted octanol–water partition coefficient (Wildman–Crippen LogP) is -2.34. The molecule has 0 rings (SSSR count). The van der Waals surface area contributed by atoms with Crippen LogP contribution in [0.2, 0.25) is 0 Å². The van der Waals surface area contributed by atoms with Crippen LogP contribution in [0.5, 0.6) is 0 Å². The number of ether oxygens (including phenoxy) is 1. The number of hydrogen-bond acceptors (Lipinski definition) is 7. The van der Waals surface area contributed by atoms with Gasteiger partial charge in [0.25, 0.3) is 0 Å². The lowest BCUT2D eigenvalue weighted by Crippen LogP contribution is -2.46. The molecule has 17 heavy (non-hydrogen) atoms. The Bertz CT molecular complexity index is 174. The summed E-state index contributed by atoms with van der Waals surface area (Å²) in [5.74, 6) is 0. The summed E-state index contributed by atoms with van der Waals surface area (Å²) in [6.45, 7) is 4.91. The van der Waals surface area contributed by atoms with E-state index in [0.29, 0.717) is 0 Å². The van der Waals surface area contributed by atoms with Gasteiger partial charge in [-0.05, 0) is 13.8 Å². The minimum absolute atomic E-state index is 0.0258. The fourth-order valence-electron chi connectivity index (χ4n) is 0.822. The number of carbonyl (C=O) groups is 1. The van der Waals surface area contributed by atoms with Crippen molar-refractivity contribution in [1.29, 1.82) is 0 Å². The molecule has 0 aliphatic carbocycles. The molecule has 0 bridgehead atoms. The number of aliphatic hydroxyl groups is 5. The van der Waals surface area contributed by atoms with Gasteiger partial charge in [-0.3, -0.25) is 0 Å². The van der Waals surface area contributed by atoms with Crippen molar-refractivity contribution in [2.45, 2.75) is 38.3 Å². The van der Waals surface area contributed by atoms with Gasteiger partial charge in [0.1, 0.15) is 24.4 Å². The smallest absolute Gasteiger partial charge is 0.151 e. The SMILES string of the molecule is CCOCC.O=C[C@@H](O)[C@@H](O)[C@H](O)[C@H](O)CO. The summed E-state index contributed by atoms with van der Waals surface area (Å²) in [6, 6.07) is 0. The molecule has 0 aromatic carbocycles. The second-order valence-electron chi connectivity index (χ2n) is 3.14. The van der Waals surface area contributed by atoms with E-state index in [1.165, 1.54) is 0 Å². The Hall–Kier alpha value is -0.570. The minimum atomic E-state index is -1.79. The Kier molecular flexibility index (Phi) is 13.2. The quantitative estimate of drug-likeness (QED) is 0.322. The molecule has 0 saturated carbocycles. The van der Waals surface area contributed by atoms with Crippen LogP contribution in [0.1, 0.15) is 13.8 Å². The molecule has 0 fully saturated rings. The Morgan fingerprint density at radius 1 is 1.06 bits per heavy atom. The van der Waals surface area contributed by atoms with E-state index in [0.717, 1.165) is 13.2 Å². The third kappa shape index (κ3) is 9.16. The fraction of sp³-hybridized carbons (Fsp3) is 0.900. The molecule has 104 valence electrons. The largest absolute Gasteiger partial charge is 0.394 e. The van der Waals surface area contributed by atoms with Gasteiger partial charge in [0.15, 0.2) is 6.29 Å². The standard InChI is InChI=1S/C6H12O6.C4H10O/c7-1-3(9)5(11)6(12)4(10)2-8;1-3-5-4-2/h1,3-6,8-12H,2H2;3-4H2,1-2H3/t3-,4-,5-,6-;/m1./s1. The Morgan fingerprint density at radius 3 is 1.76 bits per heavy atom. The topological polar surface area (TPSA) is 127 Å². The van der Waals surface area contributed by atoms with Crippen molar-refractivity contribution in [2.75, 3.05) is 19.8 Å². The van der Waals surface area contributed by atoms with E-state index < -0.39 is 31.0 Å². The first kappa shape index (κ1) is 18.8. The average Bonchev–Trinajstić information content (AvgIpc) is 2.36. The molecular weight excluding hydrogens is 232 g/mol. The highest BCUT2D eigenvalue weighted by Crippen LogP contribution is 2.02. The van der Waals surface area contributed by atoms with Crippen LogP contribution >= 0.6 is 0 Å². The number of aliphatic hydroxyl groups excluding tert-OH is 5. The van der Waals surface area contributed by atoms with Gasteiger partial charge in [0.2, 0.25) is 0 Å². The van der Waals surface area contributed by atoms with Crippen molar-refractivity contribution in [3.05, 3.63) is 0 Å². The first-order chi connectivity index (χ1) is 7.95. The second kappa shape index (κ2) is 11.9. The molecule has 0 heterocycles. The fourth-order valence-corrected chi connectivity index (χ4v) is 0.822. The summed E-state index contributed by atoms with van der Waals surface area (Å²) >= 11 is 0. The summed E-state index contributed by atoms with van der Waals surface area (Å²) in [4.78, 5) is 9.90. The zero-order valence-corrected chi connectivity index (χ0v) is 10.1. The van der Waals surface area contributed by atoms with Crippen molar-refractivity contribution in [1.82, 2.24) is 0 Å². The predicted molar refractivity (Wildman–Crippen MR) is 59.3 cm³/mol. The summed E-state index contributed by atoms with van der Waals surface area (Å²) < 4.78 is 4.83.